The van der Waals surface area contributed by atoms with Gasteiger partial charge in [-0.25, -0.2) is 4.39 Å². The molecule has 21 heavy (non-hydrogen) atoms. The van der Waals surface area contributed by atoms with Crippen LogP contribution in [0.5, 0.6) is 0 Å². The van der Waals surface area contributed by atoms with E-state index >= 15 is 0 Å². The van der Waals surface area contributed by atoms with E-state index < -0.39 is 23.1 Å². The number of hydrogen-bond donors (Lipinski definition) is 2. The first-order valence-electron chi connectivity index (χ1n) is 7.13. The highest BCUT2D eigenvalue weighted by molar-refractivity contribution is 5.84. The molecule has 0 aromatic heterocycles. The van der Waals surface area contributed by atoms with Crippen LogP contribution in [0.4, 0.5) is 4.39 Å². The minimum atomic E-state index is -0.947. The highest BCUT2D eigenvalue weighted by Gasteiger charge is 2.35. The Kier molecular flexibility index (Phi) is 5.88. The Morgan fingerprint density at radius 2 is 1.95 bits per heavy atom. The van der Waals surface area contributed by atoms with Crippen LogP contribution in [0.25, 0.3) is 0 Å². The predicted molar refractivity (Wildman–Crippen MR) is 78.5 cm³/mol. The van der Waals surface area contributed by atoms with Crippen LogP contribution < -0.4 is 5.32 Å². The third-order valence-electron chi connectivity index (χ3n) is 4.15. The van der Waals surface area contributed by atoms with Crippen molar-refractivity contribution in [3.63, 3.8) is 0 Å². The van der Waals surface area contributed by atoms with Gasteiger partial charge in [-0.3, -0.25) is 9.59 Å². The molecule has 4 nitrogen and oxygen atoms in total. The van der Waals surface area contributed by atoms with Crippen LogP contribution in [0.15, 0.2) is 24.3 Å². The largest absolute Gasteiger partial charge is 0.481 e. The summed E-state index contributed by atoms with van der Waals surface area (Å²) >= 11 is 0. The van der Waals surface area contributed by atoms with E-state index in [1.165, 1.54) is 12.1 Å². The number of halogens is 1. The molecule has 0 bridgehead atoms. The van der Waals surface area contributed by atoms with E-state index in [0.29, 0.717) is 18.4 Å². The molecule has 1 aromatic rings. The third kappa shape index (κ3) is 4.03. The van der Waals surface area contributed by atoms with Gasteiger partial charge in [-0.1, -0.05) is 26.0 Å². The van der Waals surface area contributed by atoms with Crippen LogP contribution in [0.3, 0.4) is 0 Å². The molecule has 5 heteroatoms. The molecule has 1 atom stereocenters. The van der Waals surface area contributed by atoms with E-state index in [4.69, 9.17) is 0 Å². The van der Waals surface area contributed by atoms with Crippen LogP contribution in [0.2, 0.25) is 0 Å². The molecule has 0 aliphatic heterocycles. The number of carboxylic acid groups (broad SMARTS) is 1. The Bertz CT molecular complexity index is 512. The number of hydrogen-bond acceptors (Lipinski definition) is 2. The lowest BCUT2D eigenvalue weighted by Crippen LogP contribution is -2.43. The number of carbonyl (C=O) groups is 2. The number of amides is 1. The minimum Gasteiger partial charge on any atom is -0.481 e. The SMILES string of the molecule is CCC(CC)(CNC(=O)C(C)c1cccc(F)c1)C(=O)O. The highest BCUT2D eigenvalue weighted by Crippen LogP contribution is 2.26. The van der Waals surface area contributed by atoms with Gasteiger partial charge in [0.1, 0.15) is 5.82 Å². The van der Waals surface area contributed by atoms with E-state index in [0.717, 1.165) is 0 Å². The summed E-state index contributed by atoms with van der Waals surface area (Å²) in [6.07, 6.45) is 0.876. The maximum atomic E-state index is 13.2. The fraction of sp³-hybridized carbons (Fsp3) is 0.500. The fourth-order valence-corrected chi connectivity index (χ4v) is 2.21. The standard InChI is InChI=1S/C16H22FNO3/c1-4-16(5-2,15(20)21)10-18-14(19)11(3)12-7-6-8-13(17)9-12/h6-9,11H,4-5,10H2,1-3H3,(H,18,19)(H,20,21). The zero-order valence-corrected chi connectivity index (χ0v) is 12.6. The van der Waals surface area contributed by atoms with Gasteiger partial charge in [0, 0.05) is 6.54 Å². The summed E-state index contributed by atoms with van der Waals surface area (Å²) in [7, 11) is 0. The summed E-state index contributed by atoms with van der Waals surface area (Å²) in [6.45, 7) is 5.33. The normalized spacial score (nSPS) is 12.8. The Balaban J connectivity index is 2.75. The second kappa shape index (κ2) is 7.20. The average Bonchev–Trinajstić information content (AvgIpc) is 2.47. The molecule has 0 saturated heterocycles. The lowest BCUT2D eigenvalue weighted by atomic mass is 9.82. The van der Waals surface area contributed by atoms with Crippen molar-refractivity contribution in [2.24, 2.45) is 5.41 Å². The van der Waals surface area contributed by atoms with Gasteiger partial charge < -0.3 is 10.4 Å². The van der Waals surface area contributed by atoms with Gasteiger partial charge >= 0.3 is 5.97 Å². The molecule has 0 heterocycles. The molecule has 1 aromatic carbocycles. The Hall–Kier alpha value is -1.91. The molecule has 0 fully saturated rings. The monoisotopic (exact) mass is 295 g/mol. The number of aliphatic carboxylic acids is 1. The van der Waals surface area contributed by atoms with Gasteiger partial charge in [-0.2, -0.15) is 0 Å². The maximum absolute atomic E-state index is 13.2. The van der Waals surface area contributed by atoms with Crippen molar-refractivity contribution >= 4 is 11.9 Å². The first kappa shape index (κ1) is 17.1. The minimum absolute atomic E-state index is 0.0772. The summed E-state index contributed by atoms with van der Waals surface area (Å²) in [5, 5.41) is 12.0. The van der Waals surface area contributed by atoms with Crippen molar-refractivity contribution in [2.45, 2.75) is 39.5 Å². The van der Waals surface area contributed by atoms with Gasteiger partial charge in [0.2, 0.25) is 5.91 Å². The molecular weight excluding hydrogens is 273 g/mol. The Morgan fingerprint density at radius 1 is 1.33 bits per heavy atom. The number of nitrogens with one attached hydrogen (secondary N) is 1. The zero-order chi connectivity index (χ0) is 16.0. The first-order valence-corrected chi connectivity index (χ1v) is 7.13. The summed E-state index contributed by atoms with van der Waals surface area (Å²) in [5.74, 6) is -2.13. The molecule has 0 aliphatic rings. The second-order valence-corrected chi connectivity index (χ2v) is 5.29. The molecule has 1 rings (SSSR count). The quantitative estimate of drug-likeness (QED) is 0.812. The van der Waals surface area contributed by atoms with Gasteiger partial charge in [0.25, 0.3) is 0 Å². The average molecular weight is 295 g/mol. The molecule has 0 radical (unpaired) electrons. The van der Waals surface area contributed by atoms with Crippen molar-refractivity contribution in [3.05, 3.63) is 35.6 Å². The van der Waals surface area contributed by atoms with Crippen LogP contribution in [-0.4, -0.2) is 23.5 Å². The molecular formula is C16H22FNO3. The fourth-order valence-electron chi connectivity index (χ4n) is 2.21. The van der Waals surface area contributed by atoms with Crippen molar-refractivity contribution in [2.75, 3.05) is 6.54 Å². The van der Waals surface area contributed by atoms with Crippen LogP contribution in [0, 0.1) is 11.2 Å². The molecule has 0 saturated carbocycles. The molecule has 116 valence electrons. The number of carboxylic acids is 1. The van der Waals surface area contributed by atoms with Crippen molar-refractivity contribution in [3.8, 4) is 0 Å². The Labute approximate surface area is 124 Å². The smallest absolute Gasteiger partial charge is 0.311 e. The lowest BCUT2D eigenvalue weighted by molar-refractivity contribution is -0.149. The number of rotatable bonds is 7. The third-order valence-corrected chi connectivity index (χ3v) is 4.15. The molecule has 0 spiro atoms. The van der Waals surface area contributed by atoms with Gasteiger partial charge in [0.15, 0.2) is 0 Å². The van der Waals surface area contributed by atoms with Gasteiger partial charge in [-0.15, -0.1) is 0 Å². The predicted octanol–water partition coefficient (Wildman–Crippen LogP) is 2.94. The van der Waals surface area contributed by atoms with E-state index in [2.05, 4.69) is 5.32 Å². The van der Waals surface area contributed by atoms with Crippen LogP contribution in [0.1, 0.15) is 45.1 Å². The zero-order valence-electron chi connectivity index (χ0n) is 12.6. The van der Waals surface area contributed by atoms with Crippen molar-refractivity contribution in [1.29, 1.82) is 0 Å². The summed E-state index contributed by atoms with van der Waals surface area (Å²) in [6, 6.07) is 5.86. The molecule has 2 N–H and O–H groups in total. The van der Waals surface area contributed by atoms with Gasteiger partial charge in [0.05, 0.1) is 11.3 Å². The van der Waals surface area contributed by atoms with E-state index in [1.807, 2.05) is 0 Å². The first-order chi connectivity index (χ1) is 9.86. The molecule has 1 unspecified atom stereocenters. The van der Waals surface area contributed by atoms with E-state index in [1.54, 1.807) is 32.9 Å². The van der Waals surface area contributed by atoms with Crippen molar-refractivity contribution < 1.29 is 19.1 Å². The van der Waals surface area contributed by atoms with Crippen LogP contribution in [-0.2, 0) is 9.59 Å². The molecule has 1 amide bonds. The van der Waals surface area contributed by atoms with Gasteiger partial charge in [-0.05, 0) is 37.5 Å². The van der Waals surface area contributed by atoms with E-state index in [-0.39, 0.29) is 12.5 Å². The summed E-state index contributed by atoms with van der Waals surface area (Å²) in [5.41, 5.74) is -0.376. The molecule has 0 aliphatic carbocycles. The van der Waals surface area contributed by atoms with E-state index in [9.17, 15) is 19.1 Å². The summed E-state index contributed by atoms with van der Waals surface area (Å²) in [4.78, 5) is 23.5. The number of carbonyl (C=O) groups excluding carboxylic acids is 1. The number of benzene rings is 1. The highest BCUT2D eigenvalue weighted by atomic mass is 19.1. The Morgan fingerprint density at radius 3 is 2.43 bits per heavy atom. The topological polar surface area (TPSA) is 66.4 Å². The van der Waals surface area contributed by atoms with Crippen LogP contribution >= 0.6 is 0 Å². The van der Waals surface area contributed by atoms with Crippen molar-refractivity contribution in [1.82, 2.24) is 5.32 Å². The summed E-state index contributed by atoms with van der Waals surface area (Å²) < 4.78 is 13.2. The second-order valence-electron chi connectivity index (χ2n) is 5.29. The lowest BCUT2D eigenvalue weighted by Gasteiger charge is -2.27. The maximum Gasteiger partial charge on any atom is 0.311 e.